The van der Waals surface area contributed by atoms with Gasteiger partial charge in [0.15, 0.2) is 0 Å². The zero-order valence-electron chi connectivity index (χ0n) is 16.7. The monoisotopic (exact) mass is 411 g/mol. The fourth-order valence-corrected chi connectivity index (χ4v) is 5.10. The van der Waals surface area contributed by atoms with Gasteiger partial charge in [-0.15, -0.1) is 0 Å². The Kier molecular flexibility index (Phi) is 5.54. The van der Waals surface area contributed by atoms with Crippen LogP contribution in [0.15, 0.2) is 64.1 Å². The molecule has 0 radical (unpaired) electrons. The summed E-state index contributed by atoms with van der Waals surface area (Å²) in [6, 6.07) is 14.8. The smallest absolute Gasteiger partial charge is 0.243 e. The van der Waals surface area contributed by atoms with Crippen molar-refractivity contribution in [3.63, 3.8) is 0 Å². The summed E-state index contributed by atoms with van der Waals surface area (Å²) in [5.41, 5.74) is 4.21. The molecule has 2 aromatic carbocycles. The van der Waals surface area contributed by atoms with Gasteiger partial charge >= 0.3 is 0 Å². The molecule has 0 bridgehead atoms. The first-order valence-corrected chi connectivity index (χ1v) is 11.2. The maximum absolute atomic E-state index is 12.7. The van der Waals surface area contributed by atoms with E-state index in [0.29, 0.717) is 43.5 Å². The van der Waals surface area contributed by atoms with Crippen molar-refractivity contribution >= 4 is 10.0 Å². The second-order valence-corrected chi connectivity index (χ2v) is 9.39. The number of sulfonamides is 1. The lowest BCUT2D eigenvalue weighted by atomic mass is 10.1. The molecule has 1 aromatic heterocycles. The molecule has 0 unspecified atom stereocenters. The highest BCUT2D eigenvalue weighted by Crippen LogP contribution is 2.24. The lowest BCUT2D eigenvalue weighted by Crippen LogP contribution is -2.48. The maximum atomic E-state index is 12.7. The van der Waals surface area contributed by atoms with Gasteiger partial charge in [0.05, 0.1) is 10.6 Å². The molecular formula is C22H25N3O3S. The van der Waals surface area contributed by atoms with Gasteiger partial charge in [0.2, 0.25) is 15.9 Å². The van der Waals surface area contributed by atoms with Crippen molar-refractivity contribution in [1.82, 2.24) is 14.2 Å². The van der Waals surface area contributed by atoms with Gasteiger partial charge in [0.25, 0.3) is 0 Å². The van der Waals surface area contributed by atoms with Gasteiger partial charge in [-0.1, -0.05) is 35.9 Å². The van der Waals surface area contributed by atoms with Crippen LogP contribution in [0.5, 0.6) is 0 Å². The summed E-state index contributed by atoms with van der Waals surface area (Å²) in [6.07, 6.45) is 1.70. The molecule has 1 aliphatic rings. The molecule has 152 valence electrons. The number of benzene rings is 2. The number of oxazole rings is 1. The molecule has 0 amide bonds. The predicted molar refractivity (Wildman–Crippen MR) is 112 cm³/mol. The van der Waals surface area contributed by atoms with E-state index in [0.717, 1.165) is 16.8 Å². The molecule has 1 fully saturated rings. The Morgan fingerprint density at radius 2 is 1.72 bits per heavy atom. The molecule has 7 heteroatoms. The molecule has 0 saturated carbocycles. The number of hydrogen-bond donors (Lipinski definition) is 0. The summed E-state index contributed by atoms with van der Waals surface area (Å²) < 4.78 is 32.8. The Bertz CT molecular complexity index is 1090. The molecule has 6 nitrogen and oxygen atoms in total. The third kappa shape index (κ3) is 4.27. The van der Waals surface area contributed by atoms with E-state index in [2.05, 4.69) is 35.9 Å². The van der Waals surface area contributed by atoms with Crippen LogP contribution >= 0.6 is 0 Å². The van der Waals surface area contributed by atoms with Crippen molar-refractivity contribution in [2.45, 2.75) is 25.3 Å². The molecule has 0 N–H and O–H groups in total. The highest BCUT2D eigenvalue weighted by molar-refractivity contribution is 7.89. The molecule has 3 aromatic rings. The highest BCUT2D eigenvalue weighted by atomic mass is 32.2. The van der Waals surface area contributed by atoms with Crippen LogP contribution in [0.2, 0.25) is 0 Å². The summed E-state index contributed by atoms with van der Waals surface area (Å²) in [4.78, 5) is 7.20. The zero-order chi connectivity index (χ0) is 20.4. The fourth-order valence-electron chi connectivity index (χ4n) is 3.66. The van der Waals surface area contributed by atoms with Crippen molar-refractivity contribution < 1.29 is 12.8 Å². The highest BCUT2D eigenvalue weighted by Gasteiger charge is 2.28. The Balaban J connectivity index is 1.39. The standard InChI is InChI=1S/C22H25N3O3S/c1-17-8-9-21(18(2)14-17)22-23-19(16-28-22)15-24-10-12-25(13-11-24)29(26,27)20-6-4-3-5-7-20/h3-9,14,16H,10-13,15H2,1-2H3. The topological polar surface area (TPSA) is 66.7 Å². The third-order valence-corrected chi connectivity index (χ3v) is 7.17. The van der Waals surface area contributed by atoms with Gasteiger partial charge in [-0.05, 0) is 37.6 Å². The van der Waals surface area contributed by atoms with E-state index in [1.165, 1.54) is 5.56 Å². The predicted octanol–water partition coefficient (Wildman–Crippen LogP) is 3.46. The number of nitrogens with zero attached hydrogens (tertiary/aromatic N) is 3. The third-order valence-electron chi connectivity index (χ3n) is 5.26. The number of hydrogen-bond acceptors (Lipinski definition) is 5. The van der Waals surface area contributed by atoms with Crippen molar-refractivity contribution in [2.24, 2.45) is 0 Å². The number of aryl methyl sites for hydroxylation is 2. The Morgan fingerprint density at radius 1 is 1.00 bits per heavy atom. The Labute approximate surface area is 171 Å². The quantitative estimate of drug-likeness (QED) is 0.643. The second-order valence-electron chi connectivity index (χ2n) is 7.46. The van der Waals surface area contributed by atoms with Crippen LogP contribution in [0, 0.1) is 13.8 Å². The zero-order valence-corrected chi connectivity index (χ0v) is 17.5. The van der Waals surface area contributed by atoms with E-state index in [9.17, 15) is 8.42 Å². The summed E-state index contributed by atoms with van der Waals surface area (Å²) >= 11 is 0. The minimum Gasteiger partial charge on any atom is -0.444 e. The van der Waals surface area contributed by atoms with Crippen molar-refractivity contribution in [3.05, 3.63) is 71.6 Å². The van der Waals surface area contributed by atoms with Gasteiger partial charge in [0.1, 0.15) is 6.26 Å². The molecule has 1 aliphatic heterocycles. The van der Waals surface area contributed by atoms with Crippen LogP contribution < -0.4 is 0 Å². The molecule has 2 heterocycles. The minimum absolute atomic E-state index is 0.350. The fraction of sp³-hybridized carbons (Fsp3) is 0.318. The molecule has 0 aliphatic carbocycles. The first-order chi connectivity index (χ1) is 13.9. The Morgan fingerprint density at radius 3 is 2.41 bits per heavy atom. The van der Waals surface area contributed by atoms with Gasteiger partial charge in [-0.25, -0.2) is 13.4 Å². The van der Waals surface area contributed by atoms with Crippen LogP contribution in [0.3, 0.4) is 0 Å². The van der Waals surface area contributed by atoms with Crippen LogP contribution in [-0.4, -0.2) is 48.8 Å². The van der Waals surface area contributed by atoms with Gasteiger partial charge < -0.3 is 4.42 Å². The molecule has 29 heavy (non-hydrogen) atoms. The molecule has 1 saturated heterocycles. The van der Waals surface area contributed by atoms with Crippen LogP contribution in [0.1, 0.15) is 16.8 Å². The van der Waals surface area contributed by atoms with E-state index in [4.69, 9.17) is 4.42 Å². The SMILES string of the molecule is Cc1ccc(-c2nc(CN3CCN(S(=O)(=O)c4ccccc4)CC3)co2)c(C)c1. The minimum atomic E-state index is -3.43. The first-order valence-electron chi connectivity index (χ1n) is 9.73. The van der Waals surface area contributed by atoms with Crippen molar-refractivity contribution in [3.8, 4) is 11.5 Å². The van der Waals surface area contributed by atoms with E-state index >= 15 is 0 Å². The number of piperazine rings is 1. The van der Waals surface area contributed by atoms with Crippen LogP contribution in [0.25, 0.3) is 11.5 Å². The molecular weight excluding hydrogens is 386 g/mol. The van der Waals surface area contributed by atoms with Gasteiger partial charge in [-0.3, -0.25) is 4.90 Å². The molecule has 4 rings (SSSR count). The lowest BCUT2D eigenvalue weighted by molar-refractivity contribution is 0.180. The number of rotatable bonds is 5. The molecule has 0 spiro atoms. The van der Waals surface area contributed by atoms with E-state index in [-0.39, 0.29) is 0 Å². The maximum Gasteiger partial charge on any atom is 0.243 e. The first kappa shape index (κ1) is 19.8. The summed E-state index contributed by atoms with van der Waals surface area (Å²) in [5, 5.41) is 0. The number of aromatic nitrogens is 1. The normalized spacial score (nSPS) is 16.2. The summed E-state index contributed by atoms with van der Waals surface area (Å²) in [7, 11) is -3.43. The van der Waals surface area contributed by atoms with E-state index in [1.54, 1.807) is 34.8 Å². The van der Waals surface area contributed by atoms with Gasteiger partial charge in [-0.2, -0.15) is 4.31 Å². The van der Waals surface area contributed by atoms with Crippen molar-refractivity contribution in [1.29, 1.82) is 0 Å². The summed E-state index contributed by atoms with van der Waals surface area (Å²) in [6.45, 7) is 7.04. The van der Waals surface area contributed by atoms with E-state index in [1.807, 2.05) is 12.1 Å². The molecule has 0 atom stereocenters. The van der Waals surface area contributed by atoms with Crippen LogP contribution in [-0.2, 0) is 16.6 Å². The largest absolute Gasteiger partial charge is 0.444 e. The van der Waals surface area contributed by atoms with E-state index < -0.39 is 10.0 Å². The van der Waals surface area contributed by atoms with Crippen LogP contribution in [0.4, 0.5) is 0 Å². The van der Waals surface area contributed by atoms with Gasteiger partial charge in [0, 0.05) is 38.3 Å². The second kappa shape index (κ2) is 8.10. The van der Waals surface area contributed by atoms with Crippen molar-refractivity contribution in [2.75, 3.05) is 26.2 Å². The average molecular weight is 412 g/mol. The summed E-state index contributed by atoms with van der Waals surface area (Å²) in [5.74, 6) is 0.628. The average Bonchev–Trinajstić information content (AvgIpc) is 3.17. The lowest BCUT2D eigenvalue weighted by Gasteiger charge is -2.33. The Hall–Kier alpha value is -2.48.